The summed E-state index contributed by atoms with van der Waals surface area (Å²) in [5.74, 6) is 0.659. The number of nitrogens with zero attached hydrogens (tertiary/aromatic N) is 3. The first kappa shape index (κ1) is 28.0. The zero-order chi connectivity index (χ0) is 28.6. The van der Waals surface area contributed by atoms with E-state index in [1.54, 1.807) is 36.0 Å². The highest BCUT2D eigenvalue weighted by molar-refractivity contribution is 6.35. The van der Waals surface area contributed by atoms with Crippen molar-refractivity contribution >= 4 is 35.3 Å². The molecule has 1 atom stereocenters. The number of ether oxygens (including phenoxy) is 2. The summed E-state index contributed by atoms with van der Waals surface area (Å²) in [4.78, 5) is 12.6. The number of aromatic nitrogens is 2. The molecule has 0 radical (unpaired) electrons. The smallest absolute Gasteiger partial charge is 0.280 e. The molecule has 41 heavy (non-hydrogen) atoms. The Morgan fingerprint density at radius 2 is 1.68 bits per heavy atom. The summed E-state index contributed by atoms with van der Waals surface area (Å²) in [7, 11) is 0. The second-order valence-corrected chi connectivity index (χ2v) is 9.92. The van der Waals surface area contributed by atoms with Gasteiger partial charge in [-0.3, -0.25) is 4.79 Å². The number of carbonyl (C=O) groups is 1. The summed E-state index contributed by atoms with van der Waals surface area (Å²) in [6.07, 6.45) is 2.57. The van der Waals surface area contributed by atoms with Crippen molar-refractivity contribution < 1.29 is 14.3 Å². The fourth-order valence-electron chi connectivity index (χ4n) is 3.94. The first-order valence-electron chi connectivity index (χ1n) is 12.8. The second-order valence-electron chi connectivity index (χ2n) is 9.08. The highest BCUT2D eigenvalue weighted by atomic mass is 35.5. The predicted octanol–water partition coefficient (Wildman–Crippen LogP) is 7.34. The van der Waals surface area contributed by atoms with E-state index in [-0.39, 0.29) is 0 Å². The van der Waals surface area contributed by atoms with Gasteiger partial charge >= 0.3 is 0 Å². The highest BCUT2D eigenvalue weighted by Crippen LogP contribution is 2.28. The average molecular weight is 585 g/mol. The fraction of sp³-hybridized carbons (Fsp3) is 0.0938. The lowest BCUT2D eigenvalue weighted by atomic mass is 10.1. The molecule has 1 heterocycles. The molecule has 1 amide bonds. The number of hydrogen-bond acceptors (Lipinski definition) is 5. The number of hydrogen-bond donors (Lipinski definition) is 1. The Kier molecular flexibility index (Phi) is 8.98. The molecule has 0 fully saturated rings. The normalized spacial score (nSPS) is 11.8. The van der Waals surface area contributed by atoms with Crippen molar-refractivity contribution in [2.24, 2.45) is 5.10 Å². The molecule has 7 nitrogen and oxygen atoms in total. The first-order valence-corrected chi connectivity index (χ1v) is 13.6. The average Bonchev–Trinajstić information content (AvgIpc) is 3.43. The van der Waals surface area contributed by atoms with Crippen LogP contribution in [0.2, 0.25) is 10.0 Å². The topological polar surface area (TPSA) is 77.7 Å². The molecule has 0 bridgehead atoms. The summed E-state index contributed by atoms with van der Waals surface area (Å²) >= 11 is 12.1. The van der Waals surface area contributed by atoms with Gasteiger partial charge in [-0.25, -0.2) is 10.1 Å². The Morgan fingerprint density at radius 1 is 0.976 bits per heavy atom. The van der Waals surface area contributed by atoms with Gasteiger partial charge < -0.3 is 9.47 Å². The molecule has 206 valence electrons. The molecule has 0 aliphatic rings. The Bertz CT molecular complexity index is 1640. The van der Waals surface area contributed by atoms with Gasteiger partial charge in [-0.05, 0) is 67.1 Å². The van der Waals surface area contributed by atoms with Crippen LogP contribution in [0, 0.1) is 0 Å². The molecule has 0 unspecified atom stereocenters. The van der Waals surface area contributed by atoms with Gasteiger partial charge in [-0.15, -0.1) is 0 Å². The number of para-hydroxylation sites is 1. The molecular formula is C32H26Cl2N4O3. The molecule has 1 N–H and O–H groups in total. The number of carbonyl (C=O) groups excluding carboxylic acids is 1. The van der Waals surface area contributed by atoms with Crippen molar-refractivity contribution in [2.75, 3.05) is 0 Å². The van der Waals surface area contributed by atoms with E-state index in [9.17, 15) is 4.79 Å². The number of rotatable bonds is 10. The van der Waals surface area contributed by atoms with Crippen LogP contribution < -0.4 is 14.9 Å². The van der Waals surface area contributed by atoms with Crippen LogP contribution in [0.25, 0.3) is 16.9 Å². The quantitative estimate of drug-likeness (QED) is 0.137. The van der Waals surface area contributed by atoms with Gasteiger partial charge in [0.25, 0.3) is 5.91 Å². The Morgan fingerprint density at radius 3 is 2.39 bits per heavy atom. The van der Waals surface area contributed by atoms with Crippen molar-refractivity contribution in [3.8, 4) is 28.4 Å². The van der Waals surface area contributed by atoms with Crippen LogP contribution in [0.15, 0.2) is 114 Å². The molecule has 1 aromatic heterocycles. The maximum Gasteiger partial charge on any atom is 0.280 e. The van der Waals surface area contributed by atoms with E-state index in [0.29, 0.717) is 33.7 Å². The third-order valence-corrected chi connectivity index (χ3v) is 6.62. The van der Waals surface area contributed by atoms with Crippen LogP contribution in [-0.2, 0) is 11.4 Å². The molecule has 5 rings (SSSR count). The minimum absolute atomic E-state index is 0.315. The zero-order valence-electron chi connectivity index (χ0n) is 22.1. The predicted molar refractivity (Wildman–Crippen MR) is 162 cm³/mol. The summed E-state index contributed by atoms with van der Waals surface area (Å²) in [5, 5.41) is 9.77. The lowest BCUT2D eigenvalue weighted by molar-refractivity contribution is -0.127. The number of amides is 1. The van der Waals surface area contributed by atoms with Gasteiger partial charge in [-0.1, -0.05) is 71.7 Å². The molecule has 0 saturated heterocycles. The van der Waals surface area contributed by atoms with Gasteiger partial charge in [0.05, 0.1) is 16.9 Å². The highest BCUT2D eigenvalue weighted by Gasteiger charge is 2.16. The van der Waals surface area contributed by atoms with E-state index in [0.717, 1.165) is 22.6 Å². The van der Waals surface area contributed by atoms with E-state index in [1.165, 1.54) is 0 Å². The third-order valence-electron chi connectivity index (χ3n) is 6.08. The van der Waals surface area contributed by atoms with E-state index in [2.05, 4.69) is 10.5 Å². The number of nitrogens with one attached hydrogen (secondary N) is 1. The molecule has 0 spiro atoms. The van der Waals surface area contributed by atoms with Crippen LogP contribution in [-0.4, -0.2) is 28.0 Å². The maximum atomic E-state index is 12.6. The first-order chi connectivity index (χ1) is 20.0. The molecule has 0 aliphatic carbocycles. The SMILES string of the molecule is C[C@@H](Oc1ccc(Cl)cc1Cl)C(=O)N/N=C\c1cn(-c2ccccc2)nc1-c1ccc(OCc2ccccc2)cc1. The van der Waals surface area contributed by atoms with Crippen LogP contribution in [0.3, 0.4) is 0 Å². The monoisotopic (exact) mass is 584 g/mol. The van der Waals surface area contributed by atoms with Crippen LogP contribution in [0.4, 0.5) is 0 Å². The van der Waals surface area contributed by atoms with Crippen LogP contribution >= 0.6 is 23.2 Å². The van der Waals surface area contributed by atoms with Gasteiger partial charge in [0, 0.05) is 22.3 Å². The van der Waals surface area contributed by atoms with Crippen LogP contribution in [0.1, 0.15) is 18.1 Å². The number of hydrazone groups is 1. The van der Waals surface area contributed by atoms with Crippen molar-refractivity contribution in [3.63, 3.8) is 0 Å². The van der Waals surface area contributed by atoms with Crippen molar-refractivity contribution in [1.29, 1.82) is 0 Å². The summed E-state index contributed by atoms with van der Waals surface area (Å²) in [6, 6.07) is 32.2. The molecule has 0 aliphatic heterocycles. The summed E-state index contributed by atoms with van der Waals surface area (Å²) in [6.45, 7) is 2.09. The van der Waals surface area contributed by atoms with E-state index < -0.39 is 12.0 Å². The summed E-state index contributed by atoms with van der Waals surface area (Å²) < 4.78 is 13.4. The standard InChI is InChI=1S/C32H26Cl2N4O3/c1-22(41-30-17-14-26(33)18-29(30)34)32(39)36-35-19-25-20-38(27-10-6-3-7-11-27)37-31(25)24-12-15-28(16-13-24)40-21-23-8-4-2-5-9-23/h2-20,22H,21H2,1H3,(H,36,39)/b35-19-/t22-/m1/s1. The maximum absolute atomic E-state index is 12.6. The zero-order valence-corrected chi connectivity index (χ0v) is 23.6. The van der Waals surface area contributed by atoms with Gasteiger partial charge in [0.15, 0.2) is 6.10 Å². The largest absolute Gasteiger partial charge is 0.489 e. The van der Waals surface area contributed by atoms with Gasteiger partial charge in [0.2, 0.25) is 0 Å². The van der Waals surface area contributed by atoms with Crippen LogP contribution in [0.5, 0.6) is 11.5 Å². The molecule has 0 saturated carbocycles. The molecule has 4 aromatic carbocycles. The Balaban J connectivity index is 1.31. The van der Waals surface area contributed by atoms with Gasteiger partial charge in [-0.2, -0.15) is 10.2 Å². The molecular weight excluding hydrogens is 559 g/mol. The second kappa shape index (κ2) is 13.2. The van der Waals surface area contributed by atoms with Gasteiger partial charge in [0.1, 0.15) is 23.8 Å². The Labute approximate surface area is 248 Å². The number of halogens is 2. The van der Waals surface area contributed by atoms with E-state index in [1.807, 2.05) is 91.1 Å². The minimum Gasteiger partial charge on any atom is -0.489 e. The lowest BCUT2D eigenvalue weighted by Gasteiger charge is -2.14. The molecule has 9 heteroatoms. The van der Waals surface area contributed by atoms with Crippen molar-refractivity contribution in [1.82, 2.24) is 15.2 Å². The van der Waals surface area contributed by atoms with E-state index >= 15 is 0 Å². The third kappa shape index (κ3) is 7.33. The number of benzene rings is 4. The lowest BCUT2D eigenvalue weighted by Crippen LogP contribution is -2.33. The Hall–Kier alpha value is -4.59. The fourth-order valence-corrected chi connectivity index (χ4v) is 4.39. The van der Waals surface area contributed by atoms with E-state index in [4.69, 9.17) is 37.8 Å². The minimum atomic E-state index is -0.847. The summed E-state index contributed by atoms with van der Waals surface area (Å²) in [5.41, 5.74) is 6.79. The van der Waals surface area contributed by atoms with Crippen molar-refractivity contribution in [2.45, 2.75) is 19.6 Å². The molecule has 5 aromatic rings. The van der Waals surface area contributed by atoms with Crippen molar-refractivity contribution in [3.05, 3.63) is 130 Å².